The zero-order chi connectivity index (χ0) is 17.2. The average Bonchev–Trinajstić information content (AvgIpc) is 3.09. The number of hydrogen-bond donors (Lipinski definition) is 1. The summed E-state index contributed by atoms with van der Waals surface area (Å²) in [5.41, 5.74) is 1.04. The van der Waals surface area contributed by atoms with Gasteiger partial charge in [0.05, 0.1) is 25.9 Å². The first-order chi connectivity index (χ1) is 11.7. The fourth-order valence-electron chi connectivity index (χ4n) is 2.61. The molecule has 5 nitrogen and oxygen atoms in total. The standard InChI is InChI=1S/C18H28FN3O2/c1-3-20-18(21-10-12-23-14-17-5-4-11-24-17)22(2)13-15-6-8-16(19)9-7-15/h6-9,17H,3-5,10-14H2,1-2H3,(H,20,21). The number of hydrogen-bond acceptors (Lipinski definition) is 3. The largest absolute Gasteiger partial charge is 0.377 e. The van der Waals surface area contributed by atoms with Crippen LogP contribution in [0, 0.1) is 5.82 Å². The van der Waals surface area contributed by atoms with Crippen LogP contribution in [0.5, 0.6) is 0 Å². The van der Waals surface area contributed by atoms with E-state index in [1.54, 1.807) is 12.1 Å². The van der Waals surface area contributed by atoms with E-state index in [-0.39, 0.29) is 11.9 Å². The smallest absolute Gasteiger partial charge is 0.194 e. The number of nitrogens with one attached hydrogen (secondary N) is 1. The molecule has 1 aliphatic rings. The molecule has 0 saturated carbocycles. The molecule has 0 bridgehead atoms. The highest BCUT2D eigenvalue weighted by Gasteiger charge is 2.15. The van der Waals surface area contributed by atoms with Crippen molar-refractivity contribution in [3.63, 3.8) is 0 Å². The van der Waals surface area contributed by atoms with Crippen LogP contribution < -0.4 is 5.32 Å². The topological polar surface area (TPSA) is 46.1 Å². The lowest BCUT2D eigenvalue weighted by atomic mass is 10.2. The van der Waals surface area contributed by atoms with Gasteiger partial charge in [-0.05, 0) is 37.5 Å². The normalized spacial score (nSPS) is 18.0. The molecule has 2 rings (SSSR count). The molecule has 0 radical (unpaired) electrons. The molecule has 1 fully saturated rings. The third kappa shape index (κ3) is 6.45. The first-order valence-electron chi connectivity index (χ1n) is 8.62. The number of aliphatic imine (C=N–C) groups is 1. The van der Waals surface area contributed by atoms with Crippen molar-refractivity contribution in [2.75, 3.05) is 40.0 Å². The van der Waals surface area contributed by atoms with Gasteiger partial charge in [0, 0.05) is 26.7 Å². The van der Waals surface area contributed by atoms with Gasteiger partial charge in [0.15, 0.2) is 5.96 Å². The molecule has 6 heteroatoms. The van der Waals surface area contributed by atoms with Gasteiger partial charge in [0.1, 0.15) is 5.82 Å². The summed E-state index contributed by atoms with van der Waals surface area (Å²) in [5, 5.41) is 3.27. The van der Waals surface area contributed by atoms with Crippen molar-refractivity contribution in [3.8, 4) is 0 Å². The molecule has 24 heavy (non-hydrogen) atoms. The van der Waals surface area contributed by atoms with E-state index in [0.717, 1.165) is 37.5 Å². The Labute approximate surface area is 143 Å². The molecule has 0 aliphatic carbocycles. The molecule has 0 amide bonds. The molecule has 1 atom stereocenters. The minimum absolute atomic E-state index is 0.217. The lowest BCUT2D eigenvalue weighted by molar-refractivity contribution is 0.0199. The SMILES string of the molecule is CCNC(=NCCOCC1CCCO1)N(C)Cc1ccc(F)cc1. The van der Waals surface area contributed by atoms with E-state index in [0.29, 0.717) is 26.3 Å². The van der Waals surface area contributed by atoms with Crippen molar-refractivity contribution in [2.24, 2.45) is 4.99 Å². The van der Waals surface area contributed by atoms with E-state index in [1.165, 1.54) is 12.1 Å². The molecule has 0 spiro atoms. The van der Waals surface area contributed by atoms with E-state index in [1.807, 2.05) is 18.9 Å². The van der Waals surface area contributed by atoms with Gasteiger partial charge in [-0.2, -0.15) is 0 Å². The zero-order valence-corrected chi connectivity index (χ0v) is 14.6. The minimum Gasteiger partial charge on any atom is -0.377 e. The number of halogens is 1. The molecule has 1 N–H and O–H groups in total. The summed E-state index contributed by atoms with van der Waals surface area (Å²) in [7, 11) is 1.97. The Morgan fingerprint density at radius 2 is 2.21 bits per heavy atom. The number of rotatable bonds is 8. The highest BCUT2D eigenvalue weighted by atomic mass is 19.1. The van der Waals surface area contributed by atoms with Crippen molar-refractivity contribution in [1.29, 1.82) is 0 Å². The highest BCUT2D eigenvalue weighted by Crippen LogP contribution is 2.11. The van der Waals surface area contributed by atoms with Crippen LogP contribution >= 0.6 is 0 Å². The third-order valence-electron chi connectivity index (χ3n) is 3.85. The van der Waals surface area contributed by atoms with Gasteiger partial charge in [0.25, 0.3) is 0 Å². The first kappa shape index (κ1) is 18.7. The molecular formula is C18H28FN3O2. The van der Waals surface area contributed by atoms with Crippen LogP contribution in [0.2, 0.25) is 0 Å². The van der Waals surface area contributed by atoms with Crippen LogP contribution in [0.3, 0.4) is 0 Å². The zero-order valence-electron chi connectivity index (χ0n) is 14.6. The van der Waals surface area contributed by atoms with Crippen molar-refractivity contribution >= 4 is 5.96 Å². The summed E-state index contributed by atoms with van der Waals surface area (Å²) < 4.78 is 24.1. The summed E-state index contributed by atoms with van der Waals surface area (Å²) in [6.07, 6.45) is 2.47. The van der Waals surface area contributed by atoms with Crippen molar-refractivity contribution < 1.29 is 13.9 Å². The quantitative estimate of drug-likeness (QED) is 0.450. The molecule has 1 aliphatic heterocycles. The van der Waals surface area contributed by atoms with Crippen LogP contribution in [0.4, 0.5) is 4.39 Å². The maximum absolute atomic E-state index is 13.0. The second kappa shape index (κ2) is 10.3. The summed E-state index contributed by atoms with van der Waals surface area (Å²) in [4.78, 5) is 6.61. The van der Waals surface area contributed by atoms with Gasteiger partial charge in [-0.3, -0.25) is 4.99 Å². The predicted octanol–water partition coefficient (Wildman–Crippen LogP) is 2.42. The molecule has 1 unspecified atom stereocenters. The van der Waals surface area contributed by atoms with Crippen molar-refractivity contribution in [3.05, 3.63) is 35.6 Å². The van der Waals surface area contributed by atoms with E-state index in [4.69, 9.17) is 9.47 Å². The lowest BCUT2D eigenvalue weighted by Crippen LogP contribution is -2.38. The predicted molar refractivity (Wildman–Crippen MR) is 93.6 cm³/mol. The molecule has 1 aromatic carbocycles. The second-order valence-corrected chi connectivity index (χ2v) is 5.93. The Bertz CT molecular complexity index is 501. The van der Waals surface area contributed by atoms with Gasteiger partial charge in [-0.15, -0.1) is 0 Å². The molecule has 1 heterocycles. The summed E-state index contributed by atoms with van der Waals surface area (Å²) in [6, 6.07) is 6.54. The van der Waals surface area contributed by atoms with E-state index in [2.05, 4.69) is 10.3 Å². The maximum Gasteiger partial charge on any atom is 0.194 e. The van der Waals surface area contributed by atoms with Crippen molar-refractivity contribution in [1.82, 2.24) is 10.2 Å². The van der Waals surface area contributed by atoms with Gasteiger partial charge in [-0.1, -0.05) is 12.1 Å². The van der Waals surface area contributed by atoms with Crippen molar-refractivity contribution in [2.45, 2.75) is 32.4 Å². The minimum atomic E-state index is -0.217. The summed E-state index contributed by atoms with van der Waals surface area (Å²) >= 11 is 0. The molecular weight excluding hydrogens is 309 g/mol. The van der Waals surface area contributed by atoms with E-state index >= 15 is 0 Å². The fraction of sp³-hybridized carbons (Fsp3) is 0.611. The summed E-state index contributed by atoms with van der Waals surface area (Å²) in [6.45, 7) is 6.19. The number of benzene rings is 1. The Hall–Kier alpha value is -1.66. The van der Waals surface area contributed by atoms with Crippen LogP contribution in [0.15, 0.2) is 29.3 Å². The van der Waals surface area contributed by atoms with Crippen LogP contribution in [0.25, 0.3) is 0 Å². The van der Waals surface area contributed by atoms with Gasteiger partial charge < -0.3 is 19.7 Å². The Morgan fingerprint density at radius 3 is 2.88 bits per heavy atom. The Morgan fingerprint density at radius 1 is 1.42 bits per heavy atom. The Kier molecular flexibility index (Phi) is 7.98. The molecule has 0 aromatic heterocycles. The highest BCUT2D eigenvalue weighted by molar-refractivity contribution is 5.79. The monoisotopic (exact) mass is 337 g/mol. The lowest BCUT2D eigenvalue weighted by Gasteiger charge is -2.22. The Balaban J connectivity index is 1.76. The van der Waals surface area contributed by atoms with E-state index in [9.17, 15) is 4.39 Å². The number of ether oxygens (including phenoxy) is 2. The van der Waals surface area contributed by atoms with Crippen LogP contribution in [-0.2, 0) is 16.0 Å². The fourth-order valence-corrected chi connectivity index (χ4v) is 2.61. The number of nitrogens with zero attached hydrogens (tertiary/aromatic N) is 2. The average molecular weight is 337 g/mol. The van der Waals surface area contributed by atoms with Crippen LogP contribution in [0.1, 0.15) is 25.3 Å². The van der Waals surface area contributed by atoms with Gasteiger partial charge >= 0.3 is 0 Å². The molecule has 1 saturated heterocycles. The second-order valence-electron chi connectivity index (χ2n) is 5.93. The maximum atomic E-state index is 13.0. The van der Waals surface area contributed by atoms with Gasteiger partial charge in [-0.25, -0.2) is 4.39 Å². The third-order valence-corrected chi connectivity index (χ3v) is 3.85. The summed E-state index contributed by atoms with van der Waals surface area (Å²) in [5.74, 6) is 0.605. The molecule has 134 valence electrons. The van der Waals surface area contributed by atoms with Gasteiger partial charge in [0.2, 0.25) is 0 Å². The van der Waals surface area contributed by atoms with Crippen LogP contribution in [-0.4, -0.2) is 56.9 Å². The molecule has 1 aromatic rings. The van der Waals surface area contributed by atoms with E-state index < -0.39 is 0 Å². The first-order valence-corrected chi connectivity index (χ1v) is 8.62. The number of guanidine groups is 1.